The van der Waals surface area contributed by atoms with Crippen molar-refractivity contribution in [2.45, 2.75) is 72.5 Å². The Labute approximate surface area is 184 Å². The molecule has 0 saturated heterocycles. The molecule has 7 heteroatoms. The van der Waals surface area contributed by atoms with E-state index in [1.165, 1.54) is 4.68 Å². The highest BCUT2D eigenvalue weighted by molar-refractivity contribution is 5.75. The van der Waals surface area contributed by atoms with Gasteiger partial charge in [-0.2, -0.15) is 9.78 Å². The summed E-state index contributed by atoms with van der Waals surface area (Å²) < 4.78 is 12.5. The largest absolute Gasteiger partial charge is 0.444 e. The molecule has 1 aliphatic rings. The summed E-state index contributed by atoms with van der Waals surface area (Å²) in [7, 11) is 0. The van der Waals surface area contributed by atoms with E-state index in [1.807, 2.05) is 72.7 Å². The predicted octanol–water partition coefficient (Wildman–Crippen LogP) is 4.98. The molecule has 168 valence electrons. The van der Waals surface area contributed by atoms with Crippen LogP contribution in [-0.2, 0) is 22.3 Å². The minimum Gasteiger partial charge on any atom is -0.444 e. The van der Waals surface area contributed by atoms with Crippen LogP contribution in [-0.4, -0.2) is 51.2 Å². The fourth-order valence-electron chi connectivity index (χ4n) is 3.51. The second kappa shape index (κ2) is 8.36. The van der Waals surface area contributed by atoms with E-state index in [9.17, 15) is 9.59 Å². The van der Waals surface area contributed by atoms with E-state index < -0.39 is 17.3 Å². The lowest BCUT2D eigenvalue weighted by Gasteiger charge is -2.26. The highest BCUT2D eigenvalue weighted by Crippen LogP contribution is 2.30. The second-order valence-corrected chi connectivity index (χ2v) is 10.00. The fraction of sp³-hybridized carbons (Fsp3) is 0.542. The summed E-state index contributed by atoms with van der Waals surface area (Å²) in [6.07, 6.45) is 0.229. The van der Waals surface area contributed by atoms with Crippen molar-refractivity contribution < 1.29 is 19.1 Å². The molecule has 0 radical (unpaired) electrons. The molecule has 0 unspecified atom stereocenters. The quantitative estimate of drug-likeness (QED) is 0.642. The van der Waals surface area contributed by atoms with Crippen LogP contribution in [0.25, 0.3) is 11.3 Å². The van der Waals surface area contributed by atoms with Crippen molar-refractivity contribution >= 4 is 12.2 Å². The van der Waals surface area contributed by atoms with E-state index in [1.54, 1.807) is 4.90 Å². The first-order valence-corrected chi connectivity index (χ1v) is 10.7. The zero-order chi connectivity index (χ0) is 23.0. The molecule has 1 aromatic carbocycles. The van der Waals surface area contributed by atoms with Crippen LogP contribution < -0.4 is 0 Å². The molecule has 0 atom stereocenters. The molecule has 0 N–H and O–H groups in total. The van der Waals surface area contributed by atoms with Gasteiger partial charge in [-0.05, 0) is 54.9 Å². The molecule has 0 aliphatic carbocycles. The minimum atomic E-state index is -0.632. The van der Waals surface area contributed by atoms with E-state index in [0.717, 1.165) is 28.1 Å². The molecule has 3 rings (SSSR count). The van der Waals surface area contributed by atoms with Gasteiger partial charge in [0, 0.05) is 30.6 Å². The molecule has 1 aliphatic heterocycles. The summed E-state index contributed by atoms with van der Waals surface area (Å²) in [5, 5.41) is 4.65. The average Bonchev–Trinajstić information content (AvgIpc) is 2.84. The zero-order valence-electron chi connectivity index (χ0n) is 19.6. The first kappa shape index (κ1) is 22.8. The molecule has 1 aromatic heterocycles. The van der Waals surface area contributed by atoms with E-state index >= 15 is 0 Å². The van der Waals surface area contributed by atoms with Gasteiger partial charge in [0.25, 0.3) is 0 Å². The van der Waals surface area contributed by atoms with Crippen LogP contribution in [0, 0.1) is 6.92 Å². The Bertz CT molecular complexity index is 962. The smallest absolute Gasteiger partial charge is 0.435 e. The number of ether oxygens (including phenoxy) is 2. The van der Waals surface area contributed by atoms with Crippen LogP contribution in [0.1, 0.15) is 58.4 Å². The van der Waals surface area contributed by atoms with E-state index in [4.69, 9.17) is 9.47 Å². The Morgan fingerprint density at radius 1 is 0.871 bits per heavy atom. The van der Waals surface area contributed by atoms with Crippen molar-refractivity contribution in [3.63, 3.8) is 0 Å². The third-order valence-corrected chi connectivity index (χ3v) is 4.88. The number of amides is 1. The summed E-state index contributed by atoms with van der Waals surface area (Å²) in [4.78, 5) is 27.2. The average molecular weight is 428 g/mol. The molecule has 1 amide bonds. The normalized spacial score (nSPS) is 14.6. The van der Waals surface area contributed by atoms with E-state index in [0.29, 0.717) is 25.9 Å². The molecule has 0 bridgehead atoms. The number of aromatic nitrogens is 2. The monoisotopic (exact) mass is 427 g/mol. The number of carbonyl (C=O) groups is 2. The lowest BCUT2D eigenvalue weighted by atomic mass is 10.0. The number of fused-ring (bicyclic) bond motifs is 1. The van der Waals surface area contributed by atoms with Crippen LogP contribution in [0.15, 0.2) is 24.3 Å². The van der Waals surface area contributed by atoms with Gasteiger partial charge in [-0.15, -0.1) is 0 Å². The van der Waals surface area contributed by atoms with Gasteiger partial charge in [0.15, 0.2) is 0 Å². The molecular formula is C24H33N3O4. The Balaban J connectivity index is 1.97. The summed E-state index contributed by atoms with van der Waals surface area (Å²) in [6, 6.07) is 8.07. The number of hydrogen-bond acceptors (Lipinski definition) is 5. The highest BCUT2D eigenvalue weighted by Gasteiger charge is 2.31. The Morgan fingerprint density at radius 3 is 2.00 bits per heavy atom. The van der Waals surface area contributed by atoms with Gasteiger partial charge in [0.2, 0.25) is 0 Å². The van der Waals surface area contributed by atoms with Crippen LogP contribution in [0.3, 0.4) is 0 Å². The molecule has 2 aromatic rings. The molecular weight excluding hydrogens is 394 g/mol. The molecule has 0 fully saturated rings. The fourth-order valence-corrected chi connectivity index (χ4v) is 3.51. The van der Waals surface area contributed by atoms with Crippen molar-refractivity contribution in [1.29, 1.82) is 0 Å². The van der Waals surface area contributed by atoms with Crippen molar-refractivity contribution in [1.82, 2.24) is 14.7 Å². The van der Waals surface area contributed by atoms with Crippen LogP contribution in [0.4, 0.5) is 9.59 Å². The second-order valence-electron chi connectivity index (χ2n) is 10.00. The summed E-state index contributed by atoms with van der Waals surface area (Å²) in [5.41, 5.74) is 3.42. The number of nitrogens with zero attached hydrogens (tertiary/aromatic N) is 3. The van der Waals surface area contributed by atoms with Crippen LogP contribution in [0.5, 0.6) is 0 Å². The Morgan fingerprint density at radius 2 is 1.42 bits per heavy atom. The number of hydrogen-bond donors (Lipinski definition) is 0. The number of aryl methyl sites for hydroxylation is 1. The van der Waals surface area contributed by atoms with Gasteiger partial charge in [-0.1, -0.05) is 29.8 Å². The maximum Gasteiger partial charge on any atom is 0.435 e. The first-order chi connectivity index (χ1) is 14.3. The van der Waals surface area contributed by atoms with Gasteiger partial charge in [0.05, 0.1) is 11.4 Å². The molecule has 0 spiro atoms. The van der Waals surface area contributed by atoms with Gasteiger partial charge >= 0.3 is 12.2 Å². The summed E-state index contributed by atoms with van der Waals surface area (Å²) in [5.74, 6) is 0. The SMILES string of the molecule is Cc1ccc(-c2nn(C(=O)OC(C)(C)C)c3c2CCN(C(=O)OC(C)(C)C)CC3)cc1. The van der Waals surface area contributed by atoms with Crippen molar-refractivity contribution in [2.75, 3.05) is 13.1 Å². The van der Waals surface area contributed by atoms with Gasteiger partial charge < -0.3 is 14.4 Å². The van der Waals surface area contributed by atoms with Crippen molar-refractivity contribution in [2.24, 2.45) is 0 Å². The first-order valence-electron chi connectivity index (χ1n) is 10.7. The lowest BCUT2D eigenvalue weighted by molar-refractivity contribution is 0.0258. The number of carbonyl (C=O) groups excluding carboxylic acids is 2. The van der Waals surface area contributed by atoms with Gasteiger partial charge in [-0.25, -0.2) is 9.59 Å². The van der Waals surface area contributed by atoms with Gasteiger partial charge in [0.1, 0.15) is 11.2 Å². The van der Waals surface area contributed by atoms with Crippen LogP contribution in [0.2, 0.25) is 0 Å². The van der Waals surface area contributed by atoms with Gasteiger partial charge in [-0.3, -0.25) is 0 Å². The summed E-state index contributed by atoms with van der Waals surface area (Å²) >= 11 is 0. The maximum atomic E-state index is 12.9. The molecule has 2 heterocycles. The molecule has 0 saturated carbocycles. The highest BCUT2D eigenvalue weighted by atomic mass is 16.6. The molecule has 31 heavy (non-hydrogen) atoms. The van der Waals surface area contributed by atoms with Crippen molar-refractivity contribution in [3.8, 4) is 11.3 Å². The third-order valence-electron chi connectivity index (χ3n) is 4.88. The zero-order valence-corrected chi connectivity index (χ0v) is 19.6. The number of benzene rings is 1. The van der Waals surface area contributed by atoms with E-state index in [2.05, 4.69) is 5.10 Å². The Hall–Kier alpha value is -2.83. The standard InChI is InChI=1S/C24H33N3O4/c1-16-8-10-17(11-9-16)20-18-12-14-26(21(28)30-23(2,3)4)15-13-19(18)27(25-20)22(29)31-24(5,6)7/h8-11H,12-15H2,1-7H3. The van der Waals surface area contributed by atoms with Crippen LogP contribution >= 0.6 is 0 Å². The minimum absolute atomic E-state index is 0.341. The van der Waals surface area contributed by atoms with Crippen molar-refractivity contribution in [3.05, 3.63) is 41.1 Å². The number of rotatable bonds is 1. The summed E-state index contributed by atoms with van der Waals surface area (Å²) in [6.45, 7) is 14.0. The topological polar surface area (TPSA) is 73.7 Å². The maximum absolute atomic E-state index is 12.9. The molecule has 7 nitrogen and oxygen atoms in total. The lowest BCUT2D eigenvalue weighted by Crippen LogP contribution is -2.38. The van der Waals surface area contributed by atoms with E-state index in [-0.39, 0.29) is 6.09 Å². The Kier molecular flexibility index (Phi) is 6.16. The predicted molar refractivity (Wildman–Crippen MR) is 119 cm³/mol. The third kappa shape index (κ3) is 5.66.